The number of rotatable bonds is 5. The van der Waals surface area contributed by atoms with Gasteiger partial charge in [-0.25, -0.2) is 4.68 Å². The van der Waals surface area contributed by atoms with Crippen molar-refractivity contribution in [2.45, 2.75) is 12.5 Å². The van der Waals surface area contributed by atoms with Crippen LogP contribution in [-0.2, 0) is 0 Å². The average Bonchev–Trinajstić information content (AvgIpc) is 3.56. The molecular weight excluding hydrogens is 422 g/mol. The van der Waals surface area contributed by atoms with Gasteiger partial charge in [0.1, 0.15) is 5.69 Å². The highest BCUT2D eigenvalue weighted by molar-refractivity contribution is 6.01. The van der Waals surface area contributed by atoms with Crippen LogP contribution in [0.25, 0.3) is 16.9 Å². The summed E-state index contributed by atoms with van der Waals surface area (Å²) in [6.45, 7) is 0. The molecule has 3 aromatic heterocycles. The highest BCUT2D eigenvalue weighted by Crippen LogP contribution is 2.40. The highest BCUT2D eigenvalue weighted by atomic mass is 15.5. The highest BCUT2D eigenvalue weighted by Gasteiger charge is 2.34. The molecule has 0 bridgehead atoms. The number of hydrogen-bond acceptors (Lipinski definition) is 6. The van der Waals surface area contributed by atoms with Crippen LogP contribution in [0.4, 0.5) is 5.69 Å². The smallest absolute Gasteiger partial charge is 0.105 e. The van der Waals surface area contributed by atoms with Crippen molar-refractivity contribution in [2.75, 3.05) is 5.01 Å². The number of pyridine rings is 1. The van der Waals surface area contributed by atoms with Crippen molar-refractivity contribution in [3.63, 3.8) is 0 Å². The molecule has 0 amide bonds. The van der Waals surface area contributed by atoms with Crippen molar-refractivity contribution in [3.8, 4) is 16.9 Å². The number of hydrazone groups is 1. The Bertz CT molecular complexity index is 1420. The topological polar surface area (TPSA) is 72.1 Å². The van der Waals surface area contributed by atoms with E-state index >= 15 is 0 Å². The standard InChI is InChI=1S/C27H21N7/c1-3-7-21(8-4-1)33-19-23(27(32-33)20-11-13-28-14-12-20)26-17-24(25-18-29-15-16-30-25)31-34(26)22-9-5-2-6-10-22/h1-16,18-19,26H,17H2. The van der Waals surface area contributed by atoms with Crippen molar-refractivity contribution in [1.29, 1.82) is 0 Å². The number of para-hydroxylation sites is 2. The van der Waals surface area contributed by atoms with Crippen molar-refractivity contribution in [1.82, 2.24) is 24.7 Å². The second-order valence-electron chi connectivity index (χ2n) is 7.99. The van der Waals surface area contributed by atoms with Gasteiger partial charge in [0.2, 0.25) is 0 Å². The molecule has 164 valence electrons. The minimum Gasteiger partial charge on any atom is -0.265 e. The molecule has 0 saturated heterocycles. The minimum atomic E-state index is -0.0555. The molecule has 0 fully saturated rings. The molecule has 5 aromatic rings. The Morgan fingerprint density at radius 3 is 2.18 bits per heavy atom. The van der Waals surface area contributed by atoms with Crippen molar-refractivity contribution in [3.05, 3.63) is 121 Å². The molecule has 2 aromatic carbocycles. The summed E-state index contributed by atoms with van der Waals surface area (Å²) in [4.78, 5) is 12.9. The van der Waals surface area contributed by atoms with E-state index in [1.54, 1.807) is 31.0 Å². The van der Waals surface area contributed by atoms with E-state index in [-0.39, 0.29) is 6.04 Å². The zero-order valence-electron chi connectivity index (χ0n) is 18.3. The number of aromatic nitrogens is 5. The monoisotopic (exact) mass is 443 g/mol. The molecule has 7 heteroatoms. The van der Waals surface area contributed by atoms with E-state index in [1.165, 1.54) is 0 Å². The SMILES string of the molecule is c1ccc(N2N=C(c3cnccn3)CC2c2cn(-c3ccccc3)nc2-c2ccncc2)cc1. The molecule has 6 rings (SSSR count). The van der Waals surface area contributed by atoms with Gasteiger partial charge in [-0.15, -0.1) is 0 Å². The van der Waals surface area contributed by atoms with Crippen LogP contribution < -0.4 is 5.01 Å². The maximum Gasteiger partial charge on any atom is 0.105 e. The van der Waals surface area contributed by atoms with Crippen LogP contribution >= 0.6 is 0 Å². The molecule has 0 aliphatic carbocycles. The third-order valence-corrected chi connectivity index (χ3v) is 5.87. The first kappa shape index (κ1) is 20.0. The van der Waals surface area contributed by atoms with E-state index in [2.05, 4.69) is 50.4 Å². The van der Waals surface area contributed by atoms with E-state index < -0.39 is 0 Å². The fraction of sp³-hybridized carbons (Fsp3) is 0.0741. The lowest BCUT2D eigenvalue weighted by atomic mass is 9.98. The quantitative estimate of drug-likeness (QED) is 0.379. The molecule has 1 aliphatic rings. The Balaban J connectivity index is 1.50. The summed E-state index contributed by atoms with van der Waals surface area (Å²) >= 11 is 0. The molecule has 4 heterocycles. The zero-order chi connectivity index (χ0) is 22.7. The number of nitrogens with zero attached hydrogens (tertiary/aromatic N) is 7. The second-order valence-corrected chi connectivity index (χ2v) is 7.99. The van der Waals surface area contributed by atoms with Crippen LogP contribution in [0.5, 0.6) is 0 Å². The van der Waals surface area contributed by atoms with Crippen molar-refractivity contribution in [2.24, 2.45) is 5.10 Å². The largest absolute Gasteiger partial charge is 0.265 e. The van der Waals surface area contributed by atoms with Gasteiger partial charge in [0, 0.05) is 48.5 Å². The minimum absolute atomic E-state index is 0.0555. The predicted molar refractivity (Wildman–Crippen MR) is 132 cm³/mol. The molecule has 1 atom stereocenters. The maximum absolute atomic E-state index is 5.00. The summed E-state index contributed by atoms with van der Waals surface area (Å²) < 4.78 is 1.94. The molecule has 34 heavy (non-hydrogen) atoms. The maximum atomic E-state index is 5.00. The van der Waals surface area contributed by atoms with E-state index in [9.17, 15) is 0 Å². The van der Waals surface area contributed by atoms with Crippen LogP contribution in [0.2, 0.25) is 0 Å². The van der Waals surface area contributed by atoms with Crippen LogP contribution in [0.3, 0.4) is 0 Å². The molecule has 7 nitrogen and oxygen atoms in total. The molecule has 0 radical (unpaired) electrons. The average molecular weight is 444 g/mol. The van der Waals surface area contributed by atoms with E-state index in [1.807, 2.05) is 53.2 Å². The van der Waals surface area contributed by atoms with Gasteiger partial charge in [0.15, 0.2) is 0 Å². The summed E-state index contributed by atoms with van der Waals surface area (Å²) in [5.41, 5.74) is 6.71. The van der Waals surface area contributed by atoms with E-state index in [0.717, 1.165) is 39.6 Å². The lowest BCUT2D eigenvalue weighted by Crippen LogP contribution is -2.18. The second kappa shape index (κ2) is 8.71. The summed E-state index contributed by atoms with van der Waals surface area (Å²) in [6.07, 6.45) is 11.5. The molecule has 0 spiro atoms. The normalized spacial score (nSPS) is 15.4. The number of benzene rings is 2. The fourth-order valence-corrected chi connectivity index (χ4v) is 4.25. The first-order chi connectivity index (χ1) is 16.9. The van der Waals surface area contributed by atoms with Gasteiger partial charge in [-0.1, -0.05) is 36.4 Å². The van der Waals surface area contributed by atoms with Gasteiger partial charge in [0.05, 0.1) is 35.0 Å². The van der Waals surface area contributed by atoms with Crippen LogP contribution in [0.15, 0.2) is 115 Å². The van der Waals surface area contributed by atoms with Gasteiger partial charge in [-0.3, -0.25) is 20.0 Å². The fourth-order valence-electron chi connectivity index (χ4n) is 4.25. The molecule has 1 aliphatic heterocycles. The Morgan fingerprint density at radius 2 is 1.47 bits per heavy atom. The summed E-state index contributed by atoms with van der Waals surface area (Å²) in [7, 11) is 0. The first-order valence-corrected chi connectivity index (χ1v) is 11.1. The van der Waals surface area contributed by atoms with E-state index in [0.29, 0.717) is 6.42 Å². The molecule has 1 unspecified atom stereocenters. The first-order valence-electron chi connectivity index (χ1n) is 11.1. The lowest BCUT2D eigenvalue weighted by Gasteiger charge is -2.23. The Hall–Kier alpha value is -4.65. The summed E-state index contributed by atoms with van der Waals surface area (Å²) in [5.74, 6) is 0. The lowest BCUT2D eigenvalue weighted by molar-refractivity contribution is 0.709. The number of anilines is 1. The van der Waals surface area contributed by atoms with Crippen molar-refractivity contribution >= 4 is 11.4 Å². The van der Waals surface area contributed by atoms with Gasteiger partial charge < -0.3 is 0 Å². The van der Waals surface area contributed by atoms with E-state index in [4.69, 9.17) is 10.2 Å². The Morgan fingerprint density at radius 1 is 0.735 bits per heavy atom. The van der Waals surface area contributed by atoms with Gasteiger partial charge >= 0.3 is 0 Å². The molecule has 0 saturated carbocycles. The van der Waals surface area contributed by atoms with Gasteiger partial charge in [-0.05, 0) is 36.4 Å². The summed E-state index contributed by atoms with van der Waals surface area (Å²) in [5, 5.41) is 12.1. The zero-order valence-corrected chi connectivity index (χ0v) is 18.3. The molecule has 0 N–H and O–H groups in total. The predicted octanol–water partition coefficient (Wildman–Crippen LogP) is 5.08. The van der Waals surface area contributed by atoms with Crippen LogP contribution in [0, 0.1) is 0 Å². The Labute approximate surface area is 197 Å². The van der Waals surface area contributed by atoms with Crippen molar-refractivity contribution < 1.29 is 0 Å². The Kier molecular flexibility index (Phi) is 5.12. The number of hydrogen-bond donors (Lipinski definition) is 0. The van der Waals surface area contributed by atoms with Crippen LogP contribution in [-0.4, -0.2) is 30.4 Å². The summed E-state index contributed by atoms with van der Waals surface area (Å²) in [6, 6.07) is 24.3. The van der Waals surface area contributed by atoms with Gasteiger partial charge in [0.25, 0.3) is 0 Å². The molecular formula is C27H21N7. The van der Waals surface area contributed by atoms with Crippen LogP contribution in [0.1, 0.15) is 23.7 Å². The van der Waals surface area contributed by atoms with Gasteiger partial charge in [-0.2, -0.15) is 10.2 Å². The third kappa shape index (κ3) is 3.73. The third-order valence-electron chi connectivity index (χ3n) is 5.87.